The summed E-state index contributed by atoms with van der Waals surface area (Å²) in [5.74, 6) is 1.84. The van der Waals surface area contributed by atoms with Crippen LogP contribution in [0.1, 0.15) is 12.2 Å². The monoisotopic (exact) mass is 236 g/mol. The van der Waals surface area contributed by atoms with E-state index in [9.17, 15) is 0 Å². The number of β-amino-alcohol motifs (C(OH)–C–C–N with tert-alkyl or cyclic N) is 1. The summed E-state index contributed by atoms with van der Waals surface area (Å²) in [5.41, 5.74) is 0. The molecule has 1 fully saturated rings. The van der Waals surface area contributed by atoms with Gasteiger partial charge < -0.3 is 10.0 Å². The van der Waals surface area contributed by atoms with Crippen molar-refractivity contribution in [2.75, 3.05) is 44.2 Å². The van der Waals surface area contributed by atoms with Crippen LogP contribution in [0.5, 0.6) is 0 Å². The number of aliphatic hydroxyl groups is 1. The third-order valence-corrected chi connectivity index (χ3v) is 3.09. The Hall–Kier alpha value is -1.20. The van der Waals surface area contributed by atoms with Gasteiger partial charge in [0.2, 0.25) is 0 Å². The van der Waals surface area contributed by atoms with Gasteiger partial charge in [0, 0.05) is 32.4 Å². The summed E-state index contributed by atoms with van der Waals surface area (Å²) in [7, 11) is 0. The fourth-order valence-electron chi connectivity index (χ4n) is 2.18. The Labute approximate surface area is 102 Å². The van der Waals surface area contributed by atoms with Crippen molar-refractivity contribution in [3.8, 4) is 0 Å². The molecule has 1 aromatic heterocycles. The minimum Gasteiger partial charge on any atom is -0.395 e. The molecule has 0 bridgehead atoms. The lowest BCUT2D eigenvalue weighted by Crippen LogP contribution is -2.32. The van der Waals surface area contributed by atoms with Crippen LogP contribution in [0.2, 0.25) is 0 Å². The molecule has 1 aromatic rings. The molecule has 1 aliphatic heterocycles. The Morgan fingerprint density at radius 3 is 2.94 bits per heavy atom. The van der Waals surface area contributed by atoms with Crippen LogP contribution in [-0.2, 0) is 0 Å². The maximum atomic E-state index is 8.95. The summed E-state index contributed by atoms with van der Waals surface area (Å²) in [6, 6.07) is 1.97. The number of hydrogen-bond donors (Lipinski definition) is 1. The first-order valence-corrected chi connectivity index (χ1v) is 6.17. The predicted octanol–water partition coefficient (Wildman–Crippen LogP) is 0.289. The van der Waals surface area contributed by atoms with E-state index in [0.29, 0.717) is 0 Å². The number of aromatic nitrogens is 2. The zero-order valence-corrected chi connectivity index (χ0v) is 10.3. The molecule has 0 unspecified atom stereocenters. The van der Waals surface area contributed by atoms with E-state index in [2.05, 4.69) is 19.8 Å². The van der Waals surface area contributed by atoms with Gasteiger partial charge in [-0.2, -0.15) is 0 Å². The predicted molar refractivity (Wildman–Crippen MR) is 67.1 cm³/mol. The van der Waals surface area contributed by atoms with Crippen LogP contribution < -0.4 is 4.90 Å². The first-order chi connectivity index (χ1) is 8.29. The highest BCUT2D eigenvalue weighted by molar-refractivity contribution is 5.37. The van der Waals surface area contributed by atoms with E-state index in [1.165, 1.54) is 0 Å². The fraction of sp³-hybridized carbons (Fsp3) is 0.667. The van der Waals surface area contributed by atoms with Gasteiger partial charge in [0.25, 0.3) is 0 Å². The van der Waals surface area contributed by atoms with Gasteiger partial charge in [0.15, 0.2) is 0 Å². The summed E-state index contributed by atoms with van der Waals surface area (Å²) < 4.78 is 0. The van der Waals surface area contributed by atoms with Gasteiger partial charge in [-0.1, -0.05) is 0 Å². The van der Waals surface area contributed by atoms with Crippen LogP contribution in [0.25, 0.3) is 0 Å². The number of nitrogens with zero attached hydrogens (tertiary/aromatic N) is 4. The van der Waals surface area contributed by atoms with Crippen molar-refractivity contribution in [3.05, 3.63) is 18.1 Å². The second-order valence-electron chi connectivity index (χ2n) is 4.37. The Morgan fingerprint density at radius 2 is 2.18 bits per heavy atom. The first-order valence-electron chi connectivity index (χ1n) is 6.17. The molecular weight excluding hydrogens is 216 g/mol. The Balaban J connectivity index is 1.99. The number of anilines is 1. The summed E-state index contributed by atoms with van der Waals surface area (Å²) in [4.78, 5) is 13.2. The lowest BCUT2D eigenvalue weighted by atomic mass is 10.3. The summed E-state index contributed by atoms with van der Waals surface area (Å²) >= 11 is 0. The molecule has 0 spiro atoms. The van der Waals surface area contributed by atoms with Crippen LogP contribution in [0, 0.1) is 6.92 Å². The molecule has 0 amide bonds. The first kappa shape index (κ1) is 12.3. The SMILES string of the molecule is Cc1nccc(N2CCCN(CCO)CC2)n1. The van der Waals surface area contributed by atoms with E-state index in [4.69, 9.17) is 5.11 Å². The standard InChI is InChI=1S/C12H20N4O/c1-11-13-4-3-12(14-11)16-6-2-5-15(7-8-16)9-10-17/h3-4,17H,2,5-10H2,1H3. The molecule has 1 aliphatic rings. The van der Waals surface area contributed by atoms with E-state index in [-0.39, 0.29) is 6.61 Å². The average molecular weight is 236 g/mol. The summed E-state index contributed by atoms with van der Waals surface area (Å²) in [6.45, 7) is 6.97. The number of rotatable bonds is 3. The van der Waals surface area contributed by atoms with Crippen molar-refractivity contribution in [1.29, 1.82) is 0 Å². The van der Waals surface area contributed by atoms with Gasteiger partial charge in [0.1, 0.15) is 11.6 Å². The maximum Gasteiger partial charge on any atom is 0.132 e. The Bertz CT molecular complexity index is 358. The van der Waals surface area contributed by atoms with Crippen molar-refractivity contribution in [1.82, 2.24) is 14.9 Å². The zero-order valence-electron chi connectivity index (χ0n) is 10.3. The fourth-order valence-corrected chi connectivity index (χ4v) is 2.18. The molecule has 0 aromatic carbocycles. The number of aryl methyl sites for hydroxylation is 1. The van der Waals surface area contributed by atoms with E-state index in [1.54, 1.807) is 0 Å². The number of aliphatic hydroxyl groups excluding tert-OH is 1. The normalized spacial score (nSPS) is 18.1. The van der Waals surface area contributed by atoms with Crippen LogP contribution in [0.15, 0.2) is 12.3 Å². The third-order valence-electron chi connectivity index (χ3n) is 3.09. The number of hydrogen-bond acceptors (Lipinski definition) is 5. The molecule has 17 heavy (non-hydrogen) atoms. The lowest BCUT2D eigenvalue weighted by molar-refractivity contribution is 0.204. The third kappa shape index (κ3) is 3.38. The van der Waals surface area contributed by atoms with Crippen molar-refractivity contribution in [3.63, 3.8) is 0 Å². The smallest absolute Gasteiger partial charge is 0.132 e. The molecule has 2 heterocycles. The summed E-state index contributed by atoms with van der Waals surface area (Å²) in [5, 5.41) is 8.95. The van der Waals surface area contributed by atoms with Crippen molar-refractivity contribution < 1.29 is 5.11 Å². The Kier molecular flexibility index (Phi) is 4.28. The van der Waals surface area contributed by atoms with E-state index in [0.717, 1.165) is 50.8 Å². The highest BCUT2D eigenvalue weighted by Crippen LogP contribution is 2.12. The second kappa shape index (κ2) is 5.93. The maximum absolute atomic E-state index is 8.95. The van der Waals surface area contributed by atoms with Crippen LogP contribution >= 0.6 is 0 Å². The van der Waals surface area contributed by atoms with Gasteiger partial charge in [-0.25, -0.2) is 9.97 Å². The minimum atomic E-state index is 0.243. The second-order valence-corrected chi connectivity index (χ2v) is 4.37. The van der Waals surface area contributed by atoms with Gasteiger partial charge in [-0.05, 0) is 26.0 Å². The molecule has 5 nitrogen and oxygen atoms in total. The van der Waals surface area contributed by atoms with Crippen molar-refractivity contribution in [2.45, 2.75) is 13.3 Å². The van der Waals surface area contributed by atoms with Gasteiger partial charge in [0.05, 0.1) is 6.61 Å². The molecule has 0 atom stereocenters. The lowest BCUT2D eigenvalue weighted by Gasteiger charge is -2.22. The summed E-state index contributed by atoms with van der Waals surface area (Å²) in [6.07, 6.45) is 2.93. The minimum absolute atomic E-state index is 0.243. The molecule has 0 aliphatic carbocycles. The van der Waals surface area contributed by atoms with Crippen LogP contribution in [-0.4, -0.2) is 59.3 Å². The largest absolute Gasteiger partial charge is 0.395 e. The molecule has 94 valence electrons. The molecule has 0 radical (unpaired) electrons. The quantitative estimate of drug-likeness (QED) is 0.817. The molecule has 5 heteroatoms. The topological polar surface area (TPSA) is 52.5 Å². The molecule has 0 saturated carbocycles. The molecule has 1 saturated heterocycles. The van der Waals surface area contributed by atoms with Crippen molar-refractivity contribution >= 4 is 5.82 Å². The van der Waals surface area contributed by atoms with Gasteiger partial charge in [-0.3, -0.25) is 4.90 Å². The van der Waals surface area contributed by atoms with Crippen molar-refractivity contribution in [2.24, 2.45) is 0 Å². The molecular formula is C12H20N4O. The molecule has 2 rings (SSSR count). The van der Waals surface area contributed by atoms with E-state index in [1.807, 2.05) is 19.2 Å². The Morgan fingerprint density at radius 1 is 1.29 bits per heavy atom. The van der Waals surface area contributed by atoms with Gasteiger partial charge >= 0.3 is 0 Å². The highest BCUT2D eigenvalue weighted by Gasteiger charge is 2.15. The van der Waals surface area contributed by atoms with Gasteiger partial charge in [-0.15, -0.1) is 0 Å². The van der Waals surface area contributed by atoms with E-state index < -0.39 is 0 Å². The van der Waals surface area contributed by atoms with Crippen LogP contribution in [0.3, 0.4) is 0 Å². The highest BCUT2D eigenvalue weighted by atomic mass is 16.3. The average Bonchev–Trinajstić information content (AvgIpc) is 2.55. The molecule has 1 N–H and O–H groups in total. The van der Waals surface area contributed by atoms with Crippen LogP contribution in [0.4, 0.5) is 5.82 Å². The van der Waals surface area contributed by atoms with E-state index >= 15 is 0 Å². The zero-order chi connectivity index (χ0) is 12.1.